The van der Waals surface area contributed by atoms with Crippen LogP contribution in [0.3, 0.4) is 0 Å². The summed E-state index contributed by atoms with van der Waals surface area (Å²) in [5.74, 6) is 0.914. The Bertz CT molecular complexity index is 442. The number of furan rings is 1. The second-order valence-corrected chi connectivity index (χ2v) is 6.18. The highest BCUT2D eigenvalue weighted by molar-refractivity contribution is 5.73. The fourth-order valence-corrected chi connectivity index (χ4v) is 2.79. The Morgan fingerprint density at radius 3 is 2.78 bits per heavy atom. The van der Waals surface area contributed by atoms with Gasteiger partial charge in [0.2, 0.25) is 0 Å². The van der Waals surface area contributed by atoms with Crippen molar-refractivity contribution in [1.29, 1.82) is 0 Å². The average molecular weight is 323 g/mol. The number of ether oxygens (including phenoxy) is 1. The van der Waals surface area contributed by atoms with Crippen LogP contribution in [-0.4, -0.2) is 49.8 Å². The third kappa shape index (κ3) is 6.23. The first-order valence-electron chi connectivity index (χ1n) is 8.57. The van der Waals surface area contributed by atoms with Crippen LogP contribution >= 0.6 is 0 Å². The van der Waals surface area contributed by atoms with Gasteiger partial charge in [0, 0.05) is 19.7 Å². The smallest absolute Gasteiger partial charge is 0.314 e. The van der Waals surface area contributed by atoms with Crippen LogP contribution in [-0.2, 0) is 4.74 Å². The first-order chi connectivity index (χ1) is 11.2. The third-order valence-electron chi connectivity index (χ3n) is 3.97. The van der Waals surface area contributed by atoms with Crippen LogP contribution < -0.4 is 10.6 Å². The second kappa shape index (κ2) is 9.57. The van der Waals surface area contributed by atoms with E-state index in [0.29, 0.717) is 19.7 Å². The normalized spacial score (nSPS) is 16.7. The molecule has 0 spiro atoms. The van der Waals surface area contributed by atoms with Gasteiger partial charge in [0.25, 0.3) is 0 Å². The SMILES string of the molecule is CC(C)OCCCNC(=O)NC[C@H](c1ccco1)N1CCCC1. The number of likely N-dealkylation sites (tertiary alicyclic amines) is 1. The fourth-order valence-electron chi connectivity index (χ4n) is 2.79. The van der Waals surface area contributed by atoms with Crippen molar-refractivity contribution in [1.82, 2.24) is 15.5 Å². The van der Waals surface area contributed by atoms with Gasteiger partial charge in [-0.25, -0.2) is 4.79 Å². The molecule has 0 radical (unpaired) electrons. The largest absolute Gasteiger partial charge is 0.468 e. The van der Waals surface area contributed by atoms with Crippen LogP contribution in [0, 0.1) is 0 Å². The Balaban J connectivity index is 1.70. The van der Waals surface area contributed by atoms with E-state index in [0.717, 1.165) is 25.3 Å². The Labute approximate surface area is 138 Å². The first kappa shape index (κ1) is 17.8. The summed E-state index contributed by atoms with van der Waals surface area (Å²) in [6.07, 6.45) is 5.16. The van der Waals surface area contributed by atoms with Crippen LogP contribution in [0.2, 0.25) is 0 Å². The molecule has 23 heavy (non-hydrogen) atoms. The van der Waals surface area contributed by atoms with Gasteiger partial charge >= 0.3 is 6.03 Å². The third-order valence-corrected chi connectivity index (χ3v) is 3.97. The Kier molecular flexibility index (Phi) is 7.42. The standard InChI is InChI=1S/C17H29N3O3/c1-14(2)22-12-6-8-18-17(21)19-13-15(16-7-5-11-23-16)20-9-3-4-10-20/h5,7,11,14-15H,3-4,6,8-10,12-13H2,1-2H3,(H2,18,19,21)/t15-/m1/s1. The van der Waals surface area contributed by atoms with Crippen molar-refractivity contribution in [2.45, 2.75) is 45.3 Å². The van der Waals surface area contributed by atoms with Gasteiger partial charge in [-0.05, 0) is 58.3 Å². The summed E-state index contributed by atoms with van der Waals surface area (Å²) in [6, 6.07) is 3.85. The molecule has 6 heteroatoms. The maximum Gasteiger partial charge on any atom is 0.314 e. The number of carbonyl (C=O) groups excluding carboxylic acids is 1. The summed E-state index contributed by atoms with van der Waals surface area (Å²) < 4.78 is 11.0. The van der Waals surface area contributed by atoms with E-state index in [4.69, 9.17) is 9.15 Å². The molecule has 0 aliphatic carbocycles. The quantitative estimate of drug-likeness (QED) is 0.685. The van der Waals surface area contributed by atoms with Crippen LogP contribution in [0.5, 0.6) is 0 Å². The molecule has 130 valence electrons. The number of amides is 2. The summed E-state index contributed by atoms with van der Waals surface area (Å²) in [5, 5.41) is 5.82. The minimum absolute atomic E-state index is 0.113. The number of hydrogen-bond donors (Lipinski definition) is 2. The lowest BCUT2D eigenvalue weighted by Gasteiger charge is -2.26. The highest BCUT2D eigenvalue weighted by Crippen LogP contribution is 2.24. The van der Waals surface area contributed by atoms with Gasteiger partial charge in [0.05, 0.1) is 18.4 Å². The molecule has 2 N–H and O–H groups in total. The van der Waals surface area contributed by atoms with Crippen molar-refractivity contribution < 1.29 is 13.9 Å². The lowest BCUT2D eigenvalue weighted by molar-refractivity contribution is 0.0774. The zero-order valence-electron chi connectivity index (χ0n) is 14.2. The summed E-state index contributed by atoms with van der Waals surface area (Å²) in [7, 11) is 0. The highest BCUT2D eigenvalue weighted by atomic mass is 16.5. The molecule has 1 aliphatic heterocycles. The van der Waals surface area contributed by atoms with Gasteiger partial charge in [-0.3, -0.25) is 4.90 Å². The van der Waals surface area contributed by atoms with Crippen LogP contribution in [0.25, 0.3) is 0 Å². The molecule has 1 saturated heterocycles. The monoisotopic (exact) mass is 323 g/mol. The molecule has 2 rings (SSSR count). The summed E-state index contributed by atoms with van der Waals surface area (Å²) in [6.45, 7) is 7.97. The number of carbonyl (C=O) groups is 1. The molecule has 1 aromatic rings. The molecule has 2 heterocycles. The molecule has 0 bridgehead atoms. The van der Waals surface area contributed by atoms with Crippen LogP contribution in [0.4, 0.5) is 4.79 Å². The molecule has 1 fully saturated rings. The molecule has 2 amide bonds. The van der Waals surface area contributed by atoms with E-state index < -0.39 is 0 Å². The zero-order valence-corrected chi connectivity index (χ0v) is 14.2. The van der Waals surface area contributed by atoms with Crippen LogP contribution in [0.15, 0.2) is 22.8 Å². The number of rotatable bonds is 9. The maximum atomic E-state index is 11.9. The van der Waals surface area contributed by atoms with Crippen molar-refractivity contribution in [2.24, 2.45) is 0 Å². The van der Waals surface area contributed by atoms with Gasteiger partial charge in [-0.15, -0.1) is 0 Å². The van der Waals surface area contributed by atoms with E-state index in [1.54, 1.807) is 6.26 Å². The van der Waals surface area contributed by atoms with Crippen molar-refractivity contribution >= 4 is 6.03 Å². The molecule has 6 nitrogen and oxygen atoms in total. The summed E-state index contributed by atoms with van der Waals surface area (Å²) in [4.78, 5) is 14.3. The van der Waals surface area contributed by atoms with Crippen molar-refractivity contribution in [3.63, 3.8) is 0 Å². The molecular formula is C17H29N3O3. The van der Waals surface area contributed by atoms with Crippen molar-refractivity contribution in [2.75, 3.05) is 32.8 Å². The summed E-state index contributed by atoms with van der Waals surface area (Å²) in [5.41, 5.74) is 0. The van der Waals surface area contributed by atoms with Gasteiger partial charge in [0.1, 0.15) is 5.76 Å². The van der Waals surface area contributed by atoms with Gasteiger partial charge in [-0.2, -0.15) is 0 Å². The lowest BCUT2D eigenvalue weighted by Crippen LogP contribution is -2.41. The highest BCUT2D eigenvalue weighted by Gasteiger charge is 2.25. The Morgan fingerprint density at radius 1 is 1.35 bits per heavy atom. The minimum Gasteiger partial charge on any atom is -0.468 e. The van der Waals surface area contributed by atoms with E-state index in [1.165, 1.54) is 12.8 Å². The predicted octanol–water partition coefficient (Wildman–Crippen LogP) is 2.53. The zero-order chi connectivity index (χ0) is 16.5. The lowest BCUT2D eigenvalue weighted by atomic mass is 10.2. The topological polar surface area (TPSA) is 66.7 Å². The van der Waals surface area contributed by atoms with Crippen LogP contribution in [0.1, 0.15) is 44.9 Å². The molecule has 0 saturated carbocycles. The van der Waals surface area contributed by atoms with Crippen molar-refractivity contribution in [3.8, 4) is 0 Å². The fraction of sp³-hybridized carbons (Fsp3) is 0.706. The summed E-state index contributed by atoms with van der Waals surface area (Å²) >= 11 is 0. The maximum absolute atomic E-state index is 11.9. The van der Waals surface area contributed by atoms with E-state index in [9.17, 15) is 4.79 Å². The predicted molar refractivity (Wildman–Crippen MR) is 89.4 cm³/mol. The molecule has 1 aromatic heterocycles. The van der Waals surface area contributed by atoms with E-state index in [2.05, 4.69) is 15.5 Å². The molecule has 0 unspecified atom stereocenters. The molecule has 0 aromatic carbocycles. The molecule has 1 aliphatic rings. The Hall–Kier alpha value is -1.53. The second-order valence-electron chi connectivity index (χ2n) is 6.18. The first-order valence-corrected chi connectivity index (χ1v) is 8.57. The van der Waals surface area contributed by atoms with Gasteiger partial charge in [0.15, 0.2) is 0 Å². The van der Waals surface area contributed by atoms with E-state index in [1.807, 2.05) is 26.0 Å². The molecular weight excluding hydrogens is 294 g/mol. The van der Waals surface area contributed by atoms with Gasteiger partial charge < -0.3 is 19.8 Å². The Morgan fingerprint density at radius 2 is 2.13 bits per heavy atom. The number of nitrogens with one attached hydrogen (secondary N) is 2. The van der Waals surface area contributed by atoms with Gasteiger partial charge in [-0.1, -0.05) is 0 Å². The average Bonchev–Trinajstić information content (AvgIpc) is 3.20. The number of nitrogens with zero attached hydrogens (tertiary/aromatic N) is 1. The minimum atomic E-state index is -0.134. The molecule has 1 atom stereocenters. The number of urea groups is 1. The van der Waals surface area contributed by atoms with Crippen molar-refractivity contribution in [3.05, 3.63) is 24.2 Å². The van der Waals surface area contributed by atoms with E-state index >= 15 is 0 Å². The number of hydrogen-bond acceptors (Lipinski definition) is 4. The van der Waals surface area contributed by atoms with E-state index in [-0.39, 0.29) is 18.2 Å².